The van der Waals surface area contributed by atoms with Crippen molar-refractivity contribution in [3.05, 3.63) is 0 Å². The van der Waals surface area contributed by atoms with E-state index in [2.05, 4.69) is 6.92 Å². The van der Waals surface area contributed by atoms with Gasteiger partial charge in [0.15, 0.2) is 0 Å². The van der Waals surface area contributed by atoms with E-state index < -0.39 is 17.8 Å². The van der Waals surface area contributed by atoms with Crippen LogP contribution in [0.15, 0.2) is 0 Å². The second kappa shape index (κ2) is 10.2. The molecule has 2 fully saturated rings. The first-order chi connectivity index (χ1) is 12.1. The van der Waals surface area contributed by atoms with E-state index in [1.807, 2.05) is 0 Å². The molecule has 0 radical (unpaired) electrons. The maximum absolute atomic E-state index is 12.8. The summed E-state index contributed by atoms with van der Waals surface area (Å²) in [5.41, 5.74) is -0.317. The lowest BCUT2D eigenvalue weighted by Gasteiger charge is -2.39. The highest BCUT2D eigenvalue weighted by molar-refractivity contribution is 5.81. The number of hydrogen-bond acceptors (Lipinski definition) is 3. The van der Waals surface area contributed by atoms with Crippen LogP contribution in [0.4, 0.5) is 0 Å². The smallest absolute Gasteiger partial charge is 0.310 e. The normalized spacial score (nSPS) is 26.1. The number of esters is 1. The summed E-state index contributed by atoms with van der Waals surface area (Å²) in [5, 5.41) is 9.44. The number of unbranched alkanes of at least 4 members (excludes halogenated alkanes) is 4. The highest BCUT2D eigenvalue weighted by Crippen LogP contribution is 2.39. The van der Waals surface area contributed by atoms with Crippen LogP contribution < -0.4 is 0 Å². The second-order valence-electron chi connectivity index (χ2n) is 8.16. The molecule has 2 aliphatic carbocycles. The van der Waals surface area contributed by atoms with E-state index in [4.69, 9.17) is 4.74 Å². The van der Waals surface area contributed by atoms with Gasteiger partial charge in [0.1, 0.15) is 5.60 Å². The van der Waals surface area contributed by atoms with Crippen LogP contribution in [0, 0.1) is 11.8 Å². The fourth-order valence-electron chi connectivity index (χ4n) is 4.65. The van der Waals surface area contributed by atoms with Crippen LogP contribution in [0.2, 0.25) is 0 Å². The third-order valence-electron chi connectivity index (χ3n) is 6.20. The summed E-state index contributed by atoms with van der Waals surface area (Å²) < 4.78 is 6.10. The van der Waals surface area contributed by atoms with Gasteiger partial charge in [0, 0.05) is 0 Å². The molecule has 0 aromatic rings. The van der Waals surface area contributed by atoms with Crippen molar-refractivity contribution in [3.8, 4) is 0 Å². The van der Waals surface area contributed by atoms with Crippen LogP contribution in [0.1, 0.15) is 103 Å². The molecule has 144 valence electrons. The van der Waals surface area contributed by atoms with Gasteiger partial charge >= 0.3 is 11.9 Å². The van der Waals surface area contributed by atoms with Gasteiger partial charge in [-0.05, 0) is 51.4 Å². The van der Waals surface area contributed by atoms with E-state index in [-0.39, 0.29) is 11.6 Å². The van der Waals surface area contributed by atoms with E-state index in [9.17, 15) is 14.7 Å². The summed E-state index contributed by atoms with van der Waals surface area (Å²) in [6.07, 6.45) is 15.5. The van der Waals surface area contributed by atoms with Crippen molar-refractivity contribution < 1.29 is 19.4 Å². The Hall–Kier alpha value is -1.06. The predicted molar refractivity (Wildman–Crippen MR) is 98.4 cm³/mol. The molecule has 4 heteroatoms. The van der Waals surface area contributed by atoms with Crippen LogP contribution in [-0.4, -0.2) is 22.6 Å². The number of ether oxygens (including phenoxy) is 1. The van der Waals surface area contributed by atoms with Gasteiger partial charge in [0.2, 0.25) is 0 Å². The van der Waals surface area contributed by atoms with Crippen LogP contribution in [-0.2, 0) is 14.3 Å². The number of carboxylic acid groups (broad SMARTS) is 1. The number of rotatable bonds is 9. The summed E-state index contributed by atoms with van der Waals surface area (Å²) in [5.74, 6) is -2.06. The van der Waals surface area contributed by atoms with Crippen LogP contribution in [0.5, 0.6) is 0 Å². The molecule has 0 aromatic carbocycles. The number of hydrogen-bond donors (Lipinski definition) is 1. The molecule has 0 amide bonds. The van der Waals surface area contributed by atoms with Crippen molar-refractivity contribution >= 4 is 11.9 Å². The first-order valence-corrected chi connectivity index (χ1v) is 10.5. The zero-order valence-corrected chi connectivity index (χ0v) is 15.9. The Morgan fingerprint density at radius 3 is 2.20 bits per heavy atom. The topological polar surface area (TPSA) is 63.6 Å². The largest absolute Gasteiger partial charge is 0.481 e. The molecule has 2 rings (SSSR count). The lowest BCUT2D eigenvalue weighted by molar-refractivity contribution is -0.176. The van der Waals surface area contributed by atoms with Crippen molar-refractivity contribution in [2.45, 2.75) is 109 Å². The average Bonchev–Trinajstić information content (AvgIpc) is 2.62. The van der Waals surface area contributed by atoms with Gasteiger partial charge in [-0.25, -0.2) is 0 Å². The molecule has 25 heavy (non-hydrogen) atoms. The molecule has 0 aliphatic heterocycles. The number of carbonyl (C=O) groups excluding carboxylic acids is 1. The number of carbonyl (C=O) groups is 2. The zero-order valence-electron chi connectivity index (χ0n) is 15.9. The molecular formula is C21H36O4. The third kappa shape index (κ3) is 6.00. The quantitative estimate of drug-likeness (QED) is 0.440. The van der Waals surface area contributed by atoms with Crippen molar-refractivity contribution in [1.29, 1.82) is 0 Å². The van der Waals surface area contributed by atoms with E-state index in [0.717, 1.165) is 51.4 Å². The Morgan fingerprint density at radius 1 is 0.920 bits per heavy atom. The van der Waals surface area contributed by atoms with Gasteiger partial charge in [-0.15, -0.1) is 0 Å². The van der Waals surface area contributed by atoms with Crippen molar-refractivity contribution in [2.75, 3.05) is 0 Å². The molecule has 0 bridgehead atoms. The highest BCUT2D eigenvalue weighted by Gasteiger charge is 2.42. The maximum atomic E-state index is 12.8. The van der Waals surface area contributed by atoms with Gasteiger partial charge < -0.3 is 9.84 Å². The van der Waals surface area contributed by atoms with Crippen LogP contribution >= 0.6 is 0 Å². The molecule has 2 saturated carbocycles. The molecule has 0 aromatic heterocycles. The Kier molecular flexibility index (Phi) is 8.25. The first-order valence-electron chi connectivity index (χ1n) is 10.5. The highest BCUT2D eigenvalue weighted by atomic mass is 16.6. The lowest BCUT2D eigenvalue weighted by Crippen LogP contribution is -2.42. The van der Waals surface area contributed by atoms with Crippen molar-refractivity contribution in [2.24, 2.45) is 11.8 Å². The molecular weight excluding hydrogens is 316 g/mol. The molecule has 0 saturated heterocycles. The predicted octanol–water partition coefficient (Wildman–Crippen LogP) is 5.48. The summed E-state index contributed by atoms with van der Waals surface area (Å²) >= 11 is 0. The van der Waals surface area contributed by atoms with E-state index in [1.54, 1.807) is 0 Å². The maximum Gasteiger partial charge on any atom is 0.310 e. The van der Waals surface area contributed by atoms with Gasteiger partial charge in [-0.3, -0.25) is 9.59 Å². The molecule has 0 spiro atoms. The number of carboxylic acids is 1. The summed E-state index contributed by atoms with van der Waals surface area (Å²) in [4.78, 5) is 24.3. The van der Waals surface area contributed by atoms with Gasteiger partial charge in [-0.2, -0.15) is 0 Å². The molecule has 2 aliphatic rings. The standard InChI is InChI=1S/C21H36O4/c1-2-3-4-5-9-14-21(15-10-6-11-16-21)25-20(24)18-13-8-7-12-17(18)19(22)23/h17-18H,2-16H2,1H3,(H,22,23). The second-order valence-corrected chi connectivity index (χ2v) is 8.16. The fraction of sp³-hybridized carbons (Fsp3) is 0.905. The van der Waals surface area contributed by atoms with Crippen LogP contribution in [0.3, 0.4) is 0 Å². The van der Waals surface area contributed by atoms with E-state index >= 15 is 0 Å². The summed E-state index contributed by atoms with van der Waals surface area (Å²) in [7, 11) is 0. The number of aliphatic carboxylic acids is 1. The minimum absolute atomic E-state index is 0.234. The monoisotopic (exact) mass is 352 g/mol. The minimum Gasteiger partial charge on any atom is -0.481 e. The molecule has 4 nitrogen and oxygen atoms in total. The Balaban J connectivity index is 1.95. The van der Waals surface area contributed by atoms with Gasteiger partial charge in [0.25, 0.3) is 0 Å². The molecule has 0 heterocycles. The summed E-state index contributed by atoms with van der Waals surface area (Å²) in [6.45, 7) is 2.22. The van der Waals surface area contributed by atoms with E-state index in [1.165, 1.54) is 32.1 Å². The van der Waals surface area contributed by atoms with Crippen molar-refractivity contribution in [3.63, 3.8) is 0 Å². The Morgan fingerprint density at radius 2 is 1.56 bits per heavy atom. The Labute approximate surface area is 152 Å². The lowest BCUT2D eigenvalue weighted by atomic mass is 9.78. The first kappa shape index (κ1) is 20.3. The zero-order chi connectivity index (χ0) is 18.1. The van der Waals surface area contributed by atoms with E-state index in [0.29, 0.717) is 12.8 Å². The summed E-state index contributed by atoms with van der Waals surface area (Å²) in [6, 6.07) is 0. The SMILES string of the molecule is CCCCCCCC1(OC(=O)C2CCCCC2C(=O)O)CCCCC1. The molecule has 2 atom stereocenters. The van der Waals surface area contributed by atoms with Crippen molar-refractivity contribution in [1.82, 2.24) is 0 Å². The van der Waals surface area contributed by atoms with Gasteiger partial charge in [0.05, 0.1) is 11.8 Å². The molecule has 2 unspecified atom stereocenters. The fourth-order valence-corrected chi connectivity index (χ4v) is 4.65. The minimum atomic E-state index is -0.834. The van der Waals surface area contributed by atoms with Crippen LogP contribution in [0.25, 0.3) is 0 Å². The Bertz CT molecular complexity index is 426. The average molecular weight is 353 g/mol. The molecule has 1 N–H and O–H groups in total. The third-order valence-corrected chi connectivity index (χ3v) is 6.20. The van der Waals surface area contributed by atoms with Gasteiger partial charge in [-0.1, -0.05) is 51.9 Å².